The first kappa shape index (κ1) is 21.9. The lowest BCUT2D eigenvalue weighted by molar-refractivity contribution is -0.120. The monoisotopic (exact) mass is 442 g/mol. The number of carbonyl (C=O) groups excluding carboxylic acids is 2. The Bertz CT molecular complexity index is 1190. The molecule has 2 amide bonds. The van der Waals surface area contributed by atoms with E-state index in [1.165, 1.54) is 16.7 Å². The van der Waals surface area contributed by atoms with Gasteiger partial charge in [0.25, 0.3) is 11.8 Å². The summed E-state index contributed by atoms with van der Waals surface area (Å²) >= 11 is 1.32. The molecular weight excluding hydrogens is 416 g/mol. The summed E-state index contributed by atoms with van der Waals surface area (Å²) in [5.74, 6) is -0.648. The van der Waals surface area contributed by atoms with Crippen molar-refractivity contribution in [1.82, 2.24) is 0 Å². The van der Waals surface area contributed by atoms with E-state index in [2.05, 4.69) is 18.3 Å². The Morgan fingerprint density at radius 1 is 0.781 bits per heavy atom. The molecule has 0 unspecified atom stereocenters. The summed E-state index contributed by atoms with van der Waals surface area (Å²) < 4.78 is 0. The van der Waals surface area contributed by atoms with E-state index in [0.29, 0.717) is 16.3 Å². The number of anilines is 2. The molecule has 162 valence electrons. The SMILES string of the molecule is CCc1ccc(N2C(=O)C(Nc3cc(C)cc(C)c3)=C(Sc3ccc(C)cc3)C2=O)cc1. The maximum atomic E-state index is 13.5. The predicted molar refractivity (Wildman–Crippen MR) is 132 cm³/mol. The van der Waals surface area contributed by atoms with Crippen molar-refractivity contribution in [3.63, 3.8) is 0 Å². The van der Waals surface area contributed by atoms with Crippen LogP contribution in [0.25, 0.3) is 0 Å². The van der Waals surface area contributed by atoms with Crippen molar-refractivity contribution in [2.75, 3.05) is 10.2 Å². The average Bonchev–Trinajstić information content (AvgIpc) is 2.98. The molecule has 1 aliphatic heterocycles. The fourth-order valence-electron chi connectivity index (χ4n) is 3.75. The quantitative estimate of drug-likeness (QED) is 0.464. The highest BCUT2D eigenvalue weighted by molar-refractivity contribution is 8.04. The van der Waals surface area contributed by atoms with E-state index in [1.54, 1.807) is 0 Å². The number of amides is 2. The second-order valence-corrected chi connectivity index (χ2v) is 9.17. The van der Waals surface area contributed by atoms with E-state index in [-0.39, 0.29) is 11.8 Å². The molecule has 3 aromatic rings. The van der Waals surface area contributed by atoms with Gasteiger partial charge in [0.1, 0.15) is 10.6 Å². The van der Waals surface area contributed by atoms with E-state index in [0.717, 1.165) is 39.3 Å². The largest absolute Gasteiger partial charge is 0.350 e. The smallest absolute Gasteiger partial charge is 0.283 e. The molecule has 0 radical (unpaired) electrons. The summed E-state index contributed by atoms with van der Waals surface area (Å²) in [4.78, 5) is 29.5. The molecule has 0 atom stereocenters. The van der Waals surface area contributed by atoms with Gasteiger partial charge in [0, 0.05) is 10.6 Å². The molecule has 3 aromatic carbocycles. The number of nitrogens with zero attached hydrogens (tertiary/aromatic N) is 1. The highest BCUT2D eigenvalue weighted by Crippen LogP contribution is 2.38. The molecule has 0 aromatic heterocycles. The van der Waals surface area contributed by atoms with Crippen LogP contribution in [0.5, 0.6) is 0 Å². The Labute approximate surface area is 193 Å². The van der Waals surface area contributed by atoms with Crippen LogP contribution in [0.4, 0.5) is 11.4 Å². The van der Waals surface area contributed by atoms with Crippen molar-refractivity contribution < 1.29 is 9.59 Å². The normalized spacial score (nSPS) is 13.8. The number of hydrogen-bond donors (Lipinski definition) is 1. The number of hydrogen-bond acceptors (Lipinski definition) is 4. The number of thioether (sulfide) groups is 1. The van der Waals surface area contributed by atoms with E-state index >= 15 is 0 Å². The third-order valence-corrected chi connectivity index (χ3v) is 6.47. The Kier molecular flexibility index (Phi) is 6.19. The van der Waals surface area contributed by atoms with Crippen LogP contribution in [0.3, 0.4) is 0 Å². The van der Waals surface area contributed by atoms with Gasteiger partial charge in [-0.25, -0.2) is 4.90 Å². The lowest BCUT2D eigenvalue weighted by Crippen LogP contribution is -2.32. The van der Waals surface area contributed by atoms with Crippen LogP contribution in [0.2, 0.25) is 0 Å². The molecule has 0 saturated heterocycles. The van der Waals surface area contributed by atoms with Crippen LogP contribution >= 0.6 is 11.8 Å². The molecule has 4 nitrogen and oxygen atoms in total. The third-order valence-electron chi connectivity index (χ3n) is 5.38. The number of aryl methyl sites for hydroxylation is 4. The molecule has 1 aliphatic rings. The Morgan fingerprint density at radius 3 is 2.00 bits per heavy atom. The zero-order valence-electron chi connectivity index (χ0n) is 18.7. The van der Waals surface area contributed by atoms with Crippen LogP contribution in [-0.2, 0) is 16.0 Å². The van der Waals surface area contributed by atoms with E-state index < -0.39 is 0 Å². The molecule has 1 heterocycles. The summed E-state index contributed by atoms with van der Waals surface area (Å²) in [6.07, 6.45) is 0.897. The molecule has 32 heavy (non-hydrogen) atoms. The highest BCUT2D eigenvalue weighted by Gasteiger charge is 2.40. The summed E-state index contributed by atoms with van der Waals surface area (Å²) in [6.45, 7) is 8.12. The second-order valence-electron chi connectivity index (χ2n) is 8.09. The number of carbonyl (C=O) groups is 2. The van der Waals surface area contributed by atoms with Gasteiger partial charge in [0.2, 0.25) is 0 Å². The Hall–Kier alpha value is -3.31. The fraction of sp³-hybridized carbons (Fsp3) is 0.185. The topological polar surface area (TPSA) is 49.4 Å². The average molecular weight is 443 g/mol. The summed E-state index contributed by atoms with van der Waals surface area (Å²) in [5, 5.41) is 3.25. The van der Waals surface area contributed by atoms with Gasteiger partial charge in [-0.15, -0.1) is 0 Å². The lowest BCUT2D eigenvalue weighted by Gasteiger charge is -2.16. The third kappa shape index (κ3) is 4.48. The molecule has 0 spiro atoms. The summed E-state index contributed by atoms with van der Waals surface area (Å²) in [6, 6.07) is 21.6. The second kappa shape index (κ2) is 9.05. The van der Waals surface area contributed by atoms with Gasteiger partial charge in [-0.2, -0.15) is 0 Å². The number of rotatable bonds is 6. The number of benzene rings is 3. The van der Waals surface area contributed by atoms with Crippen LogP contribution in [0, 0.1) is 20.8 Å². The first-order valence-electron chi connectivity index (χ1n) is 10.7. The zero-order chi connectivity index (χ0) is 22.8. The minimum absolute atomic E-state index is 0.309. The minimum Gasteiger partial charge on any atom is -0.350 e. The minimum atomic E-state index is -0.340. The predicted octanol–water partition coefficient (Wildman–Crippen LogP) is 6.16. The zero-order valence-corrected chi connectivity index (χ0v) is 19.5. The van der Waals surface area contributed by atoms with Crippen molar-refractivity contribution in [1.29, 1.82) is 0 Å². The van der Waals surface area contributed by atoms with Crippen LogP contribution in [-0.4, -0.2) is 11.8 Å². The lowest BCUT2D eigenvalue weighted by atomic mass is 10.1. The van der Waals surface area contributed by atoms with Crippen molar-refractivity contribution in [3.05, 3.63) is 99.6 Å². The molecule has 0 fully saturated rings. The van der Waals surface area contributed by atoms with Crippen LogP contribution in [0.1, 0.15) is 29.2 Å². The number of imide groups is 1. The number of nitrogens with one attached hydrogen (secondary N) is 1. The fourth-order valence-corrected chi connectivity index (χ4v) is 4.67. The van der Waals surface area contributed by atoms with Gasteiger partial charge in [0.15, 0.2) is 0 Å². The van der Waals surface area contributed by atoms with Crippen LogP contribution < -0.4 is 10.2 Å². The highest BCUT2D eigenvalue weighted by atomic mass is 32.2. The van der Waals surface area contributed by atoms with Gasteiger partial charge in [0.05, 0.1) is 5.69 Å². The van der Waals surface area contributed by atoms with Crippen molar-refractivity contribution in [3.8, 4) is 0 Å². The van der Waals surface area contributed by atoms with Gasteiger partial charge >= 0.3 is 0 Å². The molecule has 0 aliphatic carbocycles. The van der Waals surface area contributed by atoms with Gasteiger partial charge in [-0.1, -0.05) is 54.6 Å². The van der Waals surface area contributed by atoms with Crippen molar-refractivity contribution in [2.24, 2.45) is 0 Å². The first-order chi connectivity index (χ1) is 15.4. The molecular formula is C27H26N2O2S. The molecule has 4 rings (SSSR count). The molecule has 1 N–H and O–H groups in total. The first-order valence-corrected chi connectivity index (χ1v) is 11.5. The Morgan fingerprint density at radius 2 is 1.41 bits per heavy atom. The molecule has 5 heteroatoms. The maximum Gasteiger partial charge on any atom is 0.283 e. The van der Waals surface area contributed by atoms with Gasteiger partial charge < -0.3 is 5.32 Å². The maximum absolute atomic E-state index is 13.5. The standard InChI is InChI=1S/C27H26N2O2S/c1-5-20-8-10-22(11-9-20)29-26(30)24(28-21-15-18(3)14-19(4)16-21)25(27(29)31)32-23-12-6-17(2)7-13-23/h6-16,28H,5H2,1-4H3. The van der Waals surface area contributed by atoms with E-state index in [1.807, 2.05) is 81.4 Å². The van der Waals surface area contributed by atoms with Gasteiger partial charge in [-0.05, 0) is 80.3 Å². The summed E-state index contributed by atoms with van der Waals surface area (Å²) in [7, 11) is 0. The molecule has 0 bridgehead atoms. The van der Waals surface area contributed by atoms with Crippen molar-refractivity contribution >= 4 is 35.0 Å². The van der Waals surface area contributed by atoms with E-state index in [9.17, 15) is 9.59 Å². The van der Waals surface area contributed by atoms with Gasteiger partial charge in [-0.3, -0.25) is 9.59 Å². The van der Waals surface area contributed by atoms with E-state index in [4.69, 9.17) is 0 Å². The Balaban J connectivity index is 1.74. The summed E-state index contributed by atoms with van der Waals surface area (Å²) in [5.41, 5.74) is 6.16. The van der Waals surface area contributed by atoms with Crippen LogP contribution in [0.15, 0.2) is 82.2 Å². The van der Waals surface area contributed by atoms with Crippen molar-refractivity contribution in [2.45, 2.75) is 39.0 Å². The molecule has 0 saturated carbocycles.